The van der Waals surface area contributed by atoms with Crippen molar-refractivity contribution in [3.8, 4) is 0 Å². The Balaban J connectivity index is 3.05. The molecule has 0 aliphatic heterocycles. The molecule has 3 nitrogen and oxygen atoms in total. The Morgan fingerprint density at radius 2 is 2.17 bits per heavy atom. The van der Waals surface area contributed by atoms with Gasteiger partial charge in [0, 0.05) is 13.7 Å². The van der Waals surface area contributed by atoms with E-state index >= 15 is 0 Å². The summed E-state index contributed by atoms with van der Waals surface area (Å²) in [4.78, 5) is 0. The average Bonchev–Trinajstić information content (AvgIpc) is 2.32. The van der Waals surface area contributed by atoms with Gasteiger partial charge in [0.2, 0.25) is 0 Å². The molecule has 3 N–H and O–H groups in total. The topological polar surface area (TPSA) is 47.3 Å². The van der Waals surface area contributed by atoms with E-state index in [0.717, 1.165) is 0 Å². The Morgan fingerprint density at radius 3 is 2.67 bits per heavy atom. The maximum Gasteiger partial charge on any atom is 0.125 e. The zero-order valence-electron chi connectivity index (χ0n) is 11.0. The van der Waals surface area contributed by atoms with Crippen LogP contribution in [-0.2, 0) is 4.74 Å². The van der Waals surface area contributed by atoms with Crippen LogP contribution in [-0.4, -0.2) is 25.8 Å². The predicted molar refractivity (Wildman–Crippen MR) is 73.5 cm³/mol. The second-order valence-corrected chi connectivity index (χ2v) is 5.10. The summed E-state index contributed by atoms with van der Waals surface area (Å²) in [6.07, 6.45) is 0. The number of benzene rings is 1. The molecule has 0 bridgehead atoms. The second kappa shape index (κ2) is 6.36. The lowest BCUT2D eigenvalue weighted by Crippen LogP contribution is -2.53. The number of hydrogen-bond donors (Lipinski definition) is 2. The molecule has 1 rings (SSSR count). The molecule has 0 heterocycles. The number of ether oxygens (including phenoxy) is 1. The fourth-order valence-corrected chi connectivity index (χ4v) is 1.98. The highest BCUT2D eigenvalue weighted by molar-refractivity contribution is 6.33. The summed E-state index contributed by atoms with van der Waals surface area (Å²) in [6.45, 7) is 4.86. The maximum atomic E-state index is 13.3. The van der Waals surface area contributed by atoms with Crippen LogP contribution in [0.3, 0.4) is 0 Å². The van der Waals surface area contributed by atoms with Crippen LogP contribution in [0.4, 0.5) is 10.1 Å². The van der Waals surface area contributed by atoms with Crippen molar-refractivity contribution in [3.63, 3.8) is 0 Å². The summed E-state index contributed by atoms with van der Waals surface area (Å²) in [7, 11) is 1.61. The summed E-state index contributed by atoms with van der Waals surface area (Å²) >= 11 is 6.05. The predicted octanol–water partition coefficient (Wildman–Crippen LogP) is 2.89. The monoisotopic (exact) mass is 274 g/mol. The van der Waals surface area contributed by atoms with Gasteiger partial charge in [-0.1, -0.05) is 25.4 Å². The molecule has 0 radical (unpaired) electrons. The number of anilines is 1. The first kappa shape index (κ1) is 15.2. The van der Waals surface area contributed by atoms with Crippen LogP contribution in [0.25, 0.3) is 0 Å². The van der Waals surface area contributed by atoms with Gasteiger partial charge in [-0.3, -0.25) is 0 Å². The van der Waals surface area contributed by atoms with E-state index in [9.17, 15) is 4.39 Å². The van der Waals surface area contributed by atoms with Crippen molar-refractivity contribution in [3.05, 3.63) is 29.0 Å². The number of halogens is 2. The minimum absolute atomic E-state index is 0.210. The van der Waals surface area contributed by atoms with Crippen LogP contribution in [0, 0.1) is 11.7 Å². The molecule has 1 aromatic rings. The summed E-state index contributed by atoms with van der Waals surface area (Å²) in [5.41, 5.74) is 5.92. The van der Waals surface area contributed by atoms with Crippen molar-refractivity contribution in [1.82, 2.24) is 0 Å². The van der Waals surface area contributed by atoms with Crippen LogP contribution in [0.2, 0.25) is 5.02 Å². The Labute approximate surface area is 112 Å². The van der Waals surface area contributed by atoms with Crippen LogP contribution in [0.5, 0.6) is 0 Å². The number of nitrogens with one attached hydrogen (secondary N) is 1. The normalized spacial score (nSPS) is 14.6. The number of hydrogen-bond acceptors (Lipinski definition) is 3. The lowest BCUT2D eigenvalue weighted by molar-refractivity contribution is 0.121. The molecular formula is C13H20ClFN2O. The fourth-order valence-electron chi connectivity index (χ4n) is 1.81. The molecule has 102 valence electrons. The minimum Gasteiger partial charge on any atom is -0.382 e. The quantitative estimate of drug-likeness (QED) is 0.839. The lowest BCUT2D eigenvalue weighted by Gasteiger charge is -2.38. The number of methoxy groups -OCH3 is 1. The molecule has 5 heteroatoms. The number of nitrogens with two attached hydrogens (primary N) is 1. The van der Waals surface area contributed by atoms with Gasteiger partial charge < -0.3 is 15.8 Å². The maximum absolute atomic E-state index is 13.3. The molecule has 0 spiro atoms. The second-order valence-electron chi connectivity index (χ2n) is 4.70. The van der Waals surface area contributed by atoms with Gasteiger partial charge in [0.25, 0.3) is 0 Å². The molecule has 0 fully saturated rings. The van der Waals surface area contributed by atoms with Gasteiger partial charge in [-0.2, -0.15) is 0 Å². The van der Waals surface area contributed by atoms with Gasteiger partial charge in [0.05, 0.1) is 22.9 Å². The smallest absolute Gasteiger partial charge is 0.125 e. The summed E-state index contributed by atoms with van der Waals surface area (Å²) in [5.74, 6) is -0.129. The average molecular weight is 275 g/mol. The van der Waals surface area contributed by atoms with E-state index in [1.807, 2.05) is 13.8 Å². The van der Waals surface area contributed by atoms with Gasteiger partial charge in [0.15, 0.2) is 0 Å². The molecule has 0 aliphatic carbocycles. The van der Waals surface area contributed by atoms with Crippen molar-refractivity contribution in [2.75, 3.05) is 25.6 Å². The van der Waals surface area contributed by atoms with Crippen molar-refractivity contribution in [2.45, 2.75) is 19.4 Å². The van der Waals surface area contributed by atoms with Crippen LogP contribution >= 0.6 is 11.6 Å². The van der Waals surface area contributed by atoms with Crippen LogP contribution < -0.4 is 11.1 Å². The van der Waals surface area contributed by atoms with Gasteiger partial charge in [0.1, 0.15) is 5.82 Å². The van der Waals surface area contributed by atoms with Gasteiger partial charge in [-0.05, 0) is 24.1 Å². The summed E-state index contributed by atoms with van der Waals surface area (Å²) in [5, 5.41) is 3.69. The molecule has 0 aromatic heterocycles. The van der Waals surface area contributed by atoms with Crippen LogP contribution in [0.1, 0.15) is 13.8 Å². The first-order valence-electron chi connectivity index (χ1n) is 5.87. The SMILES string of the molecule is COCC(CN)(Nc1cc(F)ccc1Cl)C(C)C. The molecule has 0 amide bonds. The molecule has 1 atom stereocenters. The van der Waals surface area contributed by atoms with E-state index in [1.165, 1.54) is 18.2 Å². The third kappa shape index (κ3) is 3.34. The zero-order valence-corrected chi connectivity index (χ0v) is 11.7. The Bertz CT molecular complexity index is 401. The van der Waals surface area contributed by atoms with Gasteiger partial charge in [-0.25, -0.2) is 4.39 Å². The van der Waals surface area contributed by atoms with E-state index in [0.29, 0.717) is 23.9 Å². The highest BCUT2D eigenvalue weighted by Crippen LogP contribution is 2.29. The minimum atomic E-state index is -0.466. The van der Waals surface area contributed by atoms with Gasteiger partial charge in [-0.15, -0.1) is 0 Å². The molecule has 1 aromatic carbocycles. The first-order chi connectivity index (χ1) is 8.45. The van der Waals surface area contributed by atoms with E-state index < -0.39 is 5.54 Å². The highest BCUT2D eigenvalue weighted by atomic mass is 35.5. The van der Waals surface area contributed by atoms with Crippen molar-refractivity contribution >= 4 is 17.3 Å². The van der Waals surface area contributed by atoms with E-state index in [1.54, 1.807) is 7.11 Å². The summed E-state index contributed by atoms with van der Waals surface area (Å²) in [6, 6.07) is 4.21. The Morgan fingerprint density at radius 1 is 1.50 bits per heavy atom. The molecule has 1 unspecified atom stereocenters. The molecular weight excluding hydrogens is 255 g/mol. The summed E-state index contributed by atoms with van der Waals surface area (Å²) < 4.78 is 18.5. The van der Waals surface area contributed by atoms with Crippen LogP contribution in [0.15, 0.2) is 18.2 Å². The lowest BCUT2D eigenvalue weighted by atomic mass is 9.86. The molecule has 18 heavy (non-hydrogen) atoms. The highest BCUT2D eigenvalue weighted by Gasteiger charge is 2.33. The molecule has 0 saturated heterocycles. The molecule has 0 saturated carbocycles. The Kier molecular flexibility index (Phi) is 5.38. The molecule has 0 aliphatic rings. The van der Waals surface area contributed by atoms with Gasteiger partial charge >= 0.3 is 0 Å². The first-order valence-corrected chi connectivity index (χ1v) is 6.25. The zero-order chi connectivity index (χ0) is 13.8. The van der Waals surface area contributed by atoms with Crippen molar-refractivity contribution in [2.24, 2.45) is 11.7 Å². The largest absolute Gasteiger partial charge is 0.382 e. The van der Waals surface area contributed by atoms with E-state index in [2.05, 4.69) is 5.32 Å². The fraction of sp³-hybridized carbons (Fsp3) is 0.538. The third-order valence-electron chi connectivity index (χ3n) is 3.18. The van der Waals surface area contributed by atoms with Crippen molar-refractivity contribution in [1.29, 1.82) is 0 Å². The van der Waals surface area contributed by atoms with Crippen molar-refractivity contribution < 1.29 is 9.13 Å². The standard InChI is InChI=1S/C13H20ClFN2O/c1-9(2)13(7-16,8-18-3)17-12-6-10(15)4-5-11(12)14/h4-6,9,17H,7-8,16H2,1-3H3. The number of rotatable bonds is 6. The van der Waals surface area contributed by atoms with E-state index in [-0.39, 0.29) is 11.7 Å². The Hall–Kier alpha value is -0.840. The third-order valence-corrected chi connectivity index (χ3v) is 3.51. The van der Waals surface area contributed by atoms with E-state index in [4.69, 9.17) is 22.1 Å².